The van der Waals surface area contributed by atoms with Crippen molar-refractivity contribution in [3.05, 3.63) is 60.2 Å². The highest BCUT2D eigenvalue weighted by Crippen LogP contribution is 2.21. The number of likely N-dealkylation sites (tertiary alicyclic amines) is 1. The lowest BCUT2D eigenvalue weighted by Gasteiger charge is -2.32. The molecule has 0 aliphatic carbocycles. The van der Waals surface area contributed by atoms with Gasteiger partial charge in [-0.15, -0.1) is 0 Å². The van der Waals surface area contributed by atoms with E-state index in [2.05, 4.69) is 19.1 Å². The van der Waals surface area contributed by atoms with Crippen LogP contribution in [0.2, 0.25) is 0 Å². The summed E-state index contributed by atoms with van der Waals surface area (Å²) < 4.78 is 11.7. The zero-order chi connectivity index (χ0) is 18.2. The number of carbonyl (C=O) groups excluding carboxylic acids is 1. The van der Waals surface area contributed by atoms with Crippen LogP contribution in [0.15, 0.2) is 54.6 Å². The van der Waals surface area contributed by atoms with Crippen LogP contribution in [0.25, 0.3) is 0 Å². The standard InChI is InChI=1S/C22H27NO3/c1-2-18-7-6-10-21(17-18)26-20-11-14-23(15-12-20)22(24)13-16-25-19-8-4-3-5-9-19/h3-10,17,20H,2,11-16H2,1H3. The molecule has 1 saturated heterocycles. The molecule has 2 aromatic carbocycles. The van der Waals surface area contributed by atoms with Gasteiger partial charge in [0, 0.05) is 25.9 Å². The number of ether oxygens (including phenoxy) is 2. The minimum atomic E-state index is 0.160. The molecule has 138 valence electrons. The largest absolute Gasteiger partial charge is 0.493 e. The minimum Gasteiger partial charge on any atom is -0.493 e. The number of carbonyl (C=O) groups is 1. The second-order valence-electron chi connectivity index (χ2n) is 6.61. The molecule has 4 nitrogen and oxygen atoms in total. The third-order valence-corrected chi connectivity index (χ3v) is 4.73. The van der Waals surface area contributed by atoms with Crippen LogP contribution < -0.4 is 9.47 Å². The first-order chi connectivity index (χ1) is 12.7. The van der Waals surface area contributed by atoms with Gasteiger partial charge in [0.25, 0.3) is 0 Å². The topological polar surface area (TPSA) is 38.8 Å². The average Bonchev–Trinajstić information content (AvgIpc) is 2.69. The molecule has 1 aliphatic rings. The maximum absolute atomic E-state index is 12.3. The van der Waals surface area contributed by atoms with Crippen LogP contribution in [0.1, 0.15) is 31.7 Å². The maximum Gasteiger partial charge on any atom is 0.226 e. The number of amides is 1. The highest BCUT2D eigenvalue weighted by Gasteiger charge is 2.23. The normalized spacial score (nSPS) is 14.9. The monoisotopic (exact) mass is 353 g/mol. The Hall–Kier alpha value is -2.49. The molecule has 0 atom stereocenters. The highest BCUT2D eigenvalue weighted by molar-refractivity contribution is 5.76. The van der Waals surface area contributed by atoms with Crippen LogP contribution in [-0.2, 0) is 11.2 Å². The molecular weight excluding hydrogens is 326 g/mol. The Morgan fingerprint density at radius 2 is 1.77 bits per heavy atom. The third kappa shape index (κ3) is 5.25. The van der Waals surface area contributed by atoms with Crippen LogP contribution >= 0.6 is 0 Å². The number of rotatable bonds is 7. The summed E-state index contributed by atoms with van der Waals surface area (Å²) in [7, 11) is 0. The quantitative estimate of drug-likeness (QED) is 0.753. The summed E-state index contributed by atoms with van der Waals surface area (Å²) in [6.45, 7) is 4.07. The summed E-state index contributed by atoms with van der Waals surface area (Å²) in [6.07, 6.45) is 3.36. The lowest BCUT2D eigenvalue weighted by molar-refractivity contribution is -0.133. The first-order valence-electron chi connectivity index (χ1n) is 9.46. The Labute approximate surface area is 155 Å². The summed E-state index contributed by atoms with van der Waals surface area (Å²) in [4.78, 5) is 14.3. The van der Waals surface area contributed by atoms with Crippen molar-refractivity contribution in [1.82, 2.24) is 4.90 Å². The Kier molecular flexibility index (Phi) is 6.53. The molecule has 1 amide bonds. The number of hydrogen-bond donors (Lipinski definition) is 0. The van der Waals surface area contributed by atoms with Crippen molar-refractivity contribution < 1.29 is 14.3 Å². The molecule has 0 bridgehead atoms. The van der Waals surface area contributed by atoms with Crippen molar-refractivity contribution in [2.24, 2.45) is 0 Å². The van der Waals surface area contributed by atoms with Gasteiger partial charge in [-0.25, -0.2) is 0 Å². The maximum atomic E-state index is 12.3. The van der Waals surface area contributed by atoms with E-state index in [1.54, 1.807) is 0 Å². The van der Waals surface area contributed by atoms with Crippen molar-refractivity contribution in [3.63, 3.8) is 0 Å². The van der Waals surface area contributed by atoms with Crippen LogP contribution in [0.4, 0.5) is 0 Å². The molecule has 0 N–H and O–H groups in total. The lowest BCUT2D eigenvalue weighted by Crippen LogP contribution is -2.42. The number of piperidine rings is 1. The van der Waals surface area contributed by atoms with Gasteiger partial charge in [0.15, 0.2) is 0 Å². The molecule has 1 aliphatic heterocycles. The molecule has 26 heavy (non-hydrogen) atoms. The molecule has 0 saturated carbocycles. The van der Waals surface area contributed by atoms with E-state index in [4.69, 9.17) is 9.47 Å². The van der Waals surface area contributed by atoms with Gasteiger partial charge in [-0.05, 0) is 36.2 Å². The summed E-state index contributed by atoms with van der Waals surface area (Å²) >= 11 is 0. The SMILES string of the molecule is CCc1cccc(OC2CCN(C(=O)CCOc3ccccc3)CC2)c1. The Morgan fingerprint density at radius 1 is 1.04 bits per heavy atom. The average molecular weight is 353 g/mol. The minimum absolute atomic E-state index is 0.160. The predicted octanol–water partition coefficient (Wildman–Crippen LogP) is 4.09. The van der Waals surface area contributed by atoms with E-state index in [0.29, 0.717) is 13.0 Å². The summed E-state index contributed by atoms with van der Waals surface area (Å²) in [5, 5.41) is 0. The molecule has 4 heteroatoms. The molecule has 2 aromatic rings. The van der Waals surface area contributed by atoms with Crippen molar-refractivity contribution >= 4 is 5.91 Å². The van der Waals surface area contributed by atoms with Gasteiger partial charge >= 0.3 is 0 Å². The van der Waals surface area contributed by atoms with E-state index in [-0.39, 0.29) is 12.0 Å². The van der Waals surface area contributed by atoms with Crippen LogP contribution in [-0.4, -0.2) is 36.6 Å². The number of para-hydroxylation sites is 1. The fourth-order valence-electron chi connectivity index (χ4n) is 3.19. The number of nitrogens with zero attached hydrogens (tertiary/aromatic N) is 1. The van der Waals surface area contributed by atoms with E-state index in [0.717, 1.165) is 43.9 Å². The van der Waals surface area contributed by atoms with Crippen LogP contribution in [0.3, 0.4) is 0 Å². The van der Waals surface area contributed by atoms with E-state index in [1.165, 1.54) is 5.56 Å². The molecular formula is C22H27NO3. The van der Waals surface area contributed by atoms with Gasteiger partial charge in [0.1, 0.15) is 17.6 Å². The van der Waals surface area contributed by atoms with Gasteiger partial charge in [-0.3, -0.25) is 4.79 Å². The Balaban J connectivity index is 1.39. The Bertz CT molecular complexity index is 694. The van der Waals surface area contributed by atoms with Crippen molar-refractivity contribution in [2.45, 2.75) is 38.7 Å². The first kappa shape index (κ1) is 18.3. The lowest BCUT2D eigenvalue weighted by atomic mass is 10.1. The van der Waals surface area contributed by atoms with Gasteiger partial charge in [0.2, 0.25) is 5.91 Å². The summed E-state index contributed by atoms with van der Waals surface area (Å²) in [6, 6.07) is 17.9. The van der Waals surface area contributed by atoms with E-state index in [1.807, 2.05) is 47.4 Å². The van der Waals surface area contributed by atoms with Crippen molar-refractivity contribution in [1.29, 1.82) is 0 Å². The van der Waals surface area contributed by atoms with Crippen LogP contribution in [0, 0.1) is 0 Å². The number of benzene rings is 2. The van der Waals surface area contributed by atoms with Crippen molar-refractivity contribution in [2.75, 3.05) is 19.7 Å². The molecule has 0 aromatic heterocycles. The second kappa shape index (κ2) is 9.27. The fraction of sp³-hybridized carbons (Fsp3) is 0.409. The molecule has 0 radical (unpaired) electrons. The van der Waals surface area contributed by atoms with Gasteiger partial charge < -0.3 is 14.4 Å². The zero-order valence-electron chi connectivity index (χ0n) is 15.4. The van der Waals surface area contributed by atoms with E-state index >= 15 is 0 Å². The molecule has 0 spiro atoms. The molecule has 3 rings (SSSR count). The second-order valence-corrected chi connectivity index (χ2v) is 6.61. The number of aryl methyl sites for hydroxylation is 1. The van der Waals surface area contributed by atoms with E-state index < -0.39 is 0 Å². The summed E-state index contributed by atoms with van der Waals surface area (Å²) in [5.41, 5.74) is 1.29. The zero-order valence-corrected chi connectivity index (χ0v) is 15.4. The van der Waals surface area contributed by atoms with Crippen molar-refractivity contribution in [3.8, 4) is 11.5 Å². The molecule has 1 heterocycles. The molecule has 0 unspecified atom stereocenters. The Morgan fingerprint density at radius 3 is 2.50 bits per heavy atom. The molecule has 1 fully saturated rings. The number of hydrogen-bond acceptors (Lipinski definition) is 3. The fourth-order valence-corrected chi connectivity index (χ4v) is 3.19. The van der Waals surface area contributed by atoms with E-state index in [9.17, 15) is 4.79 Å². The van der Waals surface area contributed by atoms with Crippen LogP contribution in [0.5, 0.6) is 11.5 Å². The third-order valence-electron chi connectivity index (χ3n) is 4.73. The smallest absolute Gasteiger partial charge is 0.226 e. The summed E-state index contributed by atoms with van der Waals surface area (Å²) in [5.74, 6) is 1.90. The predicted molar refractivity (Wildman–Crippen MR) is 103 cm³/mol. The highest BCUT2D eigenvalue weighted by atomic mass is 16.5. The van der Waals surface area contributed by atoms with Gasteiger partial charge in [0.05, 0.1) is 13.0 Å². The van der Waals surface area contributed by atoms with Gasteiger partial charge in [-0.2, -0.15) is 0 Å². The van der Waals surface area contributed by atoms with Gasteiger partial charge in [-0.1, -0.05) is 37.3 Å². The first-order valence-corrected chi connectivity index (χ1v) is 9.46.